The lowest BCUT2D eigenvalue weighted by Gasteiger charge is -2.30. The van der Waals surface area contributed by atoms with E-state index >= 15 is 0 Å². The van der Waals surface area contributed by atoms with Gasteiger partial charge >= 0.3 is 6.03 Å². The highest BCUT2D eigenvalue weighted by Crippen LogP contribution is 2.33. The van der Waals surface area contributed by atoms with Crippen LogP contribution in [-0.4, -0.2) is 31.7 Å². The van der Waals surface area contributed by atoms with Crippen LogP contribution in [-0.2, 0) is 13.0 Å². The highest BCUT2D eigenvalue weighted by molar-refractivity contribution is 5.90. The molecule has 1 aliphatic heterocycles. The Bertz CT molecular complexity index is 802. The van der Waals surface area contributed by atoms with E-state index in [-0.39, 0.29) is 6.03 Å². The predicted molar refractivity (Wildman–Crippen MR) is 98.6 cm³/mol. The minimum atomic E-state index is -0.0749. The minimum Gasteiger partial charge on any atom is -0.493 e. The number of methoxy groups -OCH3 is 2. The van der Waals surface area contributed by atoms with Gasteiger partial charge < -0.3 is 19.7 Å². The minimum absolute atomic E-state index is 0.0749. The molecular weight excluding hydrogens is 316 g/mol. The highest BCUT2D eigenvalue weighted by atomic mass is 16.5. The van der Waals surface area contributed by atoms with Crippen LogP contribution in [0.5, 0.6) is 11.5 Å². The van der Waals surface area contributed by atoms with E-state index in [2.05, 4.69) is 5.32 Å². The molecule has 0 spiro atoms. The van der Waals surface area contributed by atoms with E-state index in [1.54, 1.807) is 14.2 Å². The van der Waals surface area contributed by atoms with Crippen LogP contribution in [0.2, 0.25) is 0 Å². The van der Waals surface area contributed by atoms with Gasteiger partial charge in [-0.1, -0.05) is 12.1 Å². The van der Waals surface area contributed by atoms with Crippen molar-refractivity contribution in [3.63, 3.8) is 0 Å². The first-order chi connectivity index (χ1) is 12.0. The van der Waals surface area contributed by atoms with Crippen LogP contribution < -0.4 is 14.8 Å². The van der Waals surface area contributed by atoms with Crippen LogP contribution in [0.4, 0.5) is 10.5 Å². The smallest absolute Gasteiger partial charge is 0.322 e. The molecule has 5 nitrogen and oxygen atoms in total. The number of hydrogen-bond donors (Lipinski definition) is 1. The van der Waals surface area contributed by atoms with Crippen molar-refractivity contribution >= 4 is 11.7 Å². The van der Waals surface area contributed by atoms with Gasteiger partial charge in [0.2, 0.25) is 0 Å². The number of nitrogens with zero attached hydrogens (tertiary/aromatic N) is 1. The summed E-state index contributed by atoms with van der Waals surface area (Å²) in [6, 6.07) is 9.96. The zero-order chi connectivity index (χ0) is 18.0. The number of urea groups is 1. The van der Waals surface area contributed by atoms with Gasteiger partial charge in [-0.3, -0.25) is 0 Å². The van der Waals surface area contributed by atoms with E-state index < -0.39 is 0 Å². The number of rotatable bonds is 3. The Labute approximate surface area is 148 Å². The Morgan fingerprint density at radius 3 is 2.40 bits per heavy atom. The summed E-state index contributed by atoms with van der Waals surface area (Å²) in [6.07, 6.45) is 0.801. The second kappa shape index (κ2) is 7.05. The Balaban J connectivity index is 1.77. The fourth-order valence-electron chi connectivity index (χ4n) is 3.12. The van der Waals surface area contributed by atoms with Gasteiger partial charge in [0.05, 0.1) is 14.2 Å². The molecule has 2 amide bonds. The molecule has 0 radical (unpaired) electrons. The summed E-state index contributed by atoms with van der Waals surface area (Å²) < 4.78 is 10.7. The number of benzene rings is 2. The molecule has 0 aromatic heterocycles. The predicted octanol–water partition coefficient (Wildman–Crippen LogP) is 3.91. The number of carbonyl (C=O) groups is 1. The topological polar surface area (TPSA) is 50.8 Å². The number of amides is 2. The molecule has 2 aromatic rings. The maximum atomic E-state index is 12.7. The van der Waals surface area contributed by atoms with Crippen LogP contribution in [0.1, 0.15) is 22.3 Å². The standard InChI is InChI=1S/C20H24N2O3/c1-13-5-6-14(2)17(9-13)21-20(23)22-8-7-15-10-18(24-3)19(25-4)11-16(15)12-22/h5-6,9-11H,7-8,12H2,1-4H3,(H,21,23). The number of hydrogen-bond acceptors (Lipinski definition) is 3. The van der Waals surface area contributed by atoms with E-state index in [1.807, 2.05) is 49.1 Å². The molecule has 0 unspecified atom stereocenters. The van der Waals surface area contributed by atoms with E-state index in [1.165, 1.54) is 5.56 Å². The third kappa shape index (κ3) is 3.55. The van der Waals surface area contributed by atoms with Gasteiger partial charge in [-0.15, -0.1) is 0 Å². The molecule has 0 saturated heterocycles. The fourth-order valence-corrected chi connectivity index (χ4v) is 3.12. The number of ether oxygens (including phenoxy) is 2. The van der Waals surface area contributed by atoms with E-state index in [4.69, 9.17) is 9.47 Å². The molecule has 25 heavy (non-hydrogen) atoms. The lowest BCUT2D eigenvalue weighted by atomic mass is 9.99. The molecule has 0 fully saturated rings. The van der Waals surface area contributed by atoms with Crippen LogP contribution in [0.15, 0.2) is 30.3 Å². The maximum absolute atomic E-state index is 12.7. The van der Waals surface area contributed by atoms with Gasteiger partial charge in [0.1, 0.15) is 0 Å². The molecule has 3 rings (SSSR count). The Hall–Kier alpha value is -2.69. The number of anilines is 1. The van der Waals surface area contributed by atoms with E-state index in [0.717, 1.165) is 34.5 Å². The first kappa shape index (κ1) is 17.1. The second-order valence-corrected chi connectivity index (χ2v) is 6.40. The Kier molecular flexibility index (Phi) is 4.83. The van der Waals surface area contributed by atoms with Gasteiger partial charge in [-0.2, -0.15) is 0 Å². The monoisotopic (exact) mass is 340 g/mol. The second-order valence-electron chi connectivity index (χ2n) is 6.40. The van der Waals surface area contributed by atoms with Crippen molar-refractivity contribution in [3.8, 4) is 11.5 Å². The molecule has 5 heteroatoms. The third-order valence-electron chi connectivity index (χ3n) is 4.64. The first-order valence-corrected chi connectivity index (χ1v) is 8.38. The normalized spacial score (nSPS) is 13.2. The van der Waals surface area contributed by atoms with Crippen molar-refractivity contribution in [3.05, 3.63) is 52.6 Å². The summed E-state index contributed by atoms with van der Waals surface area (Å²) in [7, 11) is 3.26. The quantitative estimate of drug-likeness (QED) is 0.921. The lowest BCUT2D eigenvalue weighted by Crippen LogP contribution is -2.39. The van der Waals surface area contributed by atoms with Crippen molar-refractivity contribution in [1.82, 2.24) is 4.90 Å². The number of aryl methyl sites for hydroxylation is 2. The largest absolute Gasteiger partial charge is 0.493 e. The molecular formula is C20H24N2O3. The first-order valence-electron chi connectivity index (χ1n) is 8.38. The molecule has 1 aliphatic rings. The SMILES string of the molecule is COc1cc2c(cc1OC)CN(C(=O)Nc1cc(C)ccc1C)CC2. The van der Waals surface area contributed by atoms with Crippen molar-refractivity contribution in [2.24, 2.45) is 0 Å². The zero-order valence-electron chi connectivity index (χ0n) is 15.2. The van der Waals surface area contributed by atoms with Crippen molar-refractivity contribution in [2.45, 2.75) is 26.8 Å². The lowest BCUT2D eigenvalue weighted by molar-refractivity contribution is 0.206. The van der Waals surface area contributed by atoms with Gasteiger partial charge in [-0.05, 0) is 60.7 Å². The molecule has 1 N–H and O–H groups in total. The average Bonchev–Trinajstić information content (AvgIpc) is 2.62. The number of fused-ring (bicyclic) bond motifs is 1. The highest BCUT2D eigenvalue weighted by Gasteiger charge is 2.23. The summed E-state index contributed by atoms with van der Waals surface area (Å²) in [4.78, 5) is 14.5. The summed E-state index contributed by atoms with van der Waals surface area (Å²) in [6.45, 7) is 5.26. The Morgan fingerprint density at radius 2 is 1.72 bits per heavy atom. The van der Waals surface area contributed by atoms with Gasteiger partial charge in [0.25, 0.3) is 0 Å². The van der Waals surface area contributed by atoms with E-state index in [0.29, 0.717) is 18.8 Å². The molecule has 2 aromatic carbocycles. The van der Waals surface area contributed by atoms with Crippen molar-refractivity contribution < 1.29 is 14.3 Å². The molecule has 1 heterocycles. The van der Waals surface area contributed by atoms with Gasteiger partial charge in [-0.25, -0.2) is 4.79 Å². The summed E-state index contributed by atoms with van der Waals surface area (Å²) in [5.41, 5.74) is 5.35. The number of nitrogens with one attached hydrogen (secondary N) is 1. The molecule has 0 aliphatic carbocycles. The molecule has 0 saturated carbocycles. The zero-order valence-corrected chi connectivity index (χ0v) is 15.2. The van der Waals surface area contributed by atoms with Crippen molar-refractivity contribution in [1.29, 1.82) is 0 Å². The van der Waals surface area contributed by atoms with Crippen LogP contribution >= 0.6 is 0 Å². The summed E-state index contributed by atoms with van der Waals surface area (Å²) >= 11 is 0. The molecule has 132 valence electrons. The number of carbonyl (C=O) groups excluding carboxylic acids is 1. The van der Waals surface area contributed by atoms with Gasteiger partial charge in [0, 0.05) is 18.8 Å². The maximum Gasteiger partial charge on any atom is 0.322 e. The van der Waals surface area contributed by atoms with Crippen LogP contribution in [0.25, 0.3) is 0 Å². The van der Waals surface area contributed by atoms with Crippen LogP contribution in [0.3, 0.4) is 0 Å². The van der Waals surface area contributed by atoms with Crippen molar-refractivity contribution in [2.75, 3.05) is 26.1 Å². The molecule has 0 bridgehead atoms. The fraction of sp³-hybridized carbons (Fsp3) is 0.350. The van der Waals surface area contributed by atoms with Crippen LogP contribution in [0, 0.1) is 13.8 Å². The van der Waals surface area contributed by atoms with Gasteiger partial charge in [0.15, 0.2) is 11.5 Å². The summed E-state index contributed by atoms with van der Waals surface area (Å²) in [5, 5.41) is 3.03. The Morgan fingerprint density at radius 1 is 1.04 bits per heavy atom. The van der Waals surface area contributed by atoms with E-state index in [9.17, 15) is 4.79 Å². The summed E-state index contributed by atoms with van der Waals surface area (Å²) in [5.74, 6) is 1.42. The third-order valence-corrected chi connectivity index (χ3v) is 4.64. The average molecular weight is 340 g/mol. The molecule has 0 atom stereocenters.